The van der Waals surface area contributed by atoms with Crippen LogP contribution in [0.3, 0.4) is 0 Å². The minimum absolute atomic E-state index is 0.101. The van der Waals surface area contributed by atoms with Gasteiger partial charge < -0.3 is 10.1 Å². The van der Waals surface area contributed by atoms with Gasteiger partial charge in [-0.15, -0.1) is 0 Å². The van der Waals surface area contributed by atoms with Gasteiger partial charge in [-0.2, -0.15) is 5.26 Å². The van der Waals surface area contributed by atoms with Crippen LogP contribution in [0.5, 0.6) is 5.75 Å². The summed E-state index contributed by atoms with van der Waals surface area (Å²) in [5, 5.41) is 11.6. The van der Waals surface area contributed by atoms with Crippen molar-refractivity contribution in [2.45, 2.75) is 12.5 Å². The van der Waals surface area contributed by atoms with Gasteiger partial charge in [0.1, 0.15) is 5.75 Å². The number of hydrogen-bond acceptors (Lipinski definition) is 5. The van der Waals surface area contributed by atoms with E-state index in [1.54, 1.807) is 48.5 Å². The average Bonchev–Trinajstić information content (AvgIpc) is 2.60. The quantitative estimate of drug-likeness (QED) is 0.773. The molecule has 0 aliphatic carbocycles. The number of amides is 1. The number of sulfonamides is 1. The third-order valence-electron chi connectivity index (χ3n) is 3.54. The van der Waals surface area contributed by atoms with Gasteiger partial charge in [-0.3, -0.25) is 4.79 Å². The van der Waals surface area contributed by atoms with E-state index in [9.17, 15) is 13.2 Å². The van der Waals surface area contributed by atoms with Crippen LogP contribution in [0.15, 0.2) is 48.5 Å². The number of rotatable bonds is 7. The molecule has 0 fully saturated rings. The van der Waals surface area contributed by atoms with Gasteiger partial charge in [0.25, 0.3) is 0 Å². The lowest BCUT2D eigenvalue weighted by Crippen LogP contribution is -2.30. The number of methoxy groups -OCH3 is 1. The van der Waals surface area contributed by atoms with E-state index in [0.29, 0.717) is 22.6 Å². The summed E-state index contributed by atoms with van der Waals surface area (Å²) in [4.78, 5) is 12.4. The summed E-state index contributed by atoms with van der Waals surface area (Å²) in [6.45, 7) is 0. The van der Waals surface area contributed by atoms with E-state index in [1.165, 1.54) is 7.11 Å². The summed E-state index contributed by atoms with van der Waals surface area (Å²) in [5.41, 5.74) is 1.53. The molecule has 0 saturated heterocycles. The second kappa shape index (κ2) is 8.47. The molecular weight excluding hydrogens is 354 g/mol. The van der Waals surface area contributed by atoms with E-state index in [0.717, 1.165) is 6.26 Å². The van der Waals surface area contributed by atoms with E-state index in [4.69, 9.17) is 10.00 Å². The zero-order valence-electron chi connectivity index (χ0n) is 14.4. The molecule has 1 atom stereocenters. The van der Waals surface area contributed by atoms with Gasteiger partial charge >= 0.3 is 0 Å². The Morgan fingerprint density at radius 3 is 2.50 bits per heavy atom. The monoisotopic (exact) mass is 373 g/mol. The van der Waals surface area contributed by atoms with Crippen LogP contribution in [0, 0.1) is 11.3 Å². The van der Waals surface area contributed by atoms with Gasteiger partial charge in [-0.05, 0) is 35.9 Å². The molecule has 0 aliphatic heterocycles. The van der Waals surface area contributed by atoms with Gasteiger partial charge in [-0.25, -0.2) is 13.1 Å². The van der Waals surface area contributed by atoms with Crippen molar-refractivity contribution in [2.75, 3.05) is 18.7 Å². The van der Waals surface area contributed by atoms with Crippen molar-refractivity contribution in [1.29, 1.82) is 5.26 Å². The number of benzene rings is 2. The van der Waals surface area contributed by atoms with Crippen LogP contribution in [0.4, 0.5) is 5.69 Å². The van der Waals surface area contributed by atoms with Crippen molar-refractivity contribution in [3.05, 3.63) is 59.7 Å². The highest BCUT2D eigenvalue weighted by molar-refractivity contribution is 7.88. The Kier molecular flexibility index (Phi) is 6.33. The maximum Gasteiger partial charge on any atom is 0.226 e. The predicted molar refractivity (Wildman–Crippen MR) is 98.1 cm³/mol. The Morgan fingerprint density at radius 2 is 1.92 bits per heavy atom. The molecular formula is C18H19N3O4S. The maximum atomic E-state index is 12.4. The van der Waals surface area contributed by atoms with Crippen LogP contribution in [0.1, 0.15) is 23.6 Å². The van der Waals surface area contributed by atoms with Crippen LogP contribution < -0.4 is 14.8 Å². The van der Waals surface area contributed by atoms with Crippen LogP contribution >= 0.6 is 0 Å². The number of nitrogens with one attached hydrogen (secondary N) is 2. The van der Waals surface area contributed by atoms with Crippen LogP contribution in [0.25, 0.3) is 0 Å². The first-order chi connectivity index (χ1) is 12.3. The predicted octanol–water partition coefficient (Wildman–Crippen LogP) is 2.19. The second-order valence-electron chi connectivity index (χ2n) is 5.66. The lowest BCUT2D eigenvalue weighted by molar-refractivity contribution is -0.116. The number of nitriles is 1. The molecule has 2 rings (SSSR count). The van der Waals surface area contributed by atoms with E-state index < -0.39 is 16.1 Å². The zero-order chi connectivity index (χ0) is 19.2. The van der Waals surface area contributed by atoms with Crippen molar-refractivity contribution in [3.63, 3.8) is 0 Å². The minimum atomic E-state index is -3.52. The normalized spacial score (nSPS) is 12.0. The smallest absolute Gasteiger partial charge is 0.226 e. The van der Waals surface area contributed by atoms with Crippen molar-refractivity contribution in [2.24, 2.45) is 0 Å². The Hall–Kier alpha value is -2.89. The molecule has 0 radical (unpaired) electrons. The molecule has 136 valence electrons. The number of ether oxygens (including phenoxy) is 1. The third kappa shape index (κ3) is 5.88. The Labute approximate surface area is 152 Å². The molecule has 26 heavy (non-hydrogen) atoms. The van der Waals surface area contributed by atoms with E-state index >= 15 is 0 Å². The molecule has 0 saturated carbocycles. The van der Waals surface area contributed by atoms with Crippen LogP contribution in [-0.4, -0.2) is 27.7 Å². The lowest BCUT2D eigenvalue weighted by atomic mass is 10.0. The molecule has 8 heteroatoms. The standard InChI is InChI=1S/C18H19N3O4S/c1-25-16-8-6-14(7-9-16)17(21-26(2,23)24)11-18(22)20-15-5-3-4-13(10-15)12-19/h3-10,17,21H,11H2,1-2H3,(H,20,22). The van der Waals surface area contributed by atoms with Crippen LogP contribution in [-0.2, 0) is 14.8 Å². The molecule has 0 bridgehead atoms. The second-order valence-corrected chi connectivity index (χ2v) is 7.44. The third-order valence-corrected chi connectivity index (χ3v) is 4.25. The van der Waals surface area contributed by atoms with E-state index in [1.807, 2.05) is 6.07 Å². The highest BCUT2D eigenvalue weighted by Crippen LogP contribution is 2.22. The molecule has 2 N–H and O–H groups in total. The number of anilines is 1. The lowest BCUT2D eigenvalue weighted by Gasteiger charge is -2.18. The zero-order valence-corrected chi connectivity index (χ0v) is 15.2. The number of nitrogens with zero attached hydrogens (tertiary/aromatic N) is 1. The van der Waals surface area contributed by atoms with E-state index in [2.05, 4.69) is 10.0 Å². The van der Waals surface area contributed by atoms with Gasteiger partial charge in [0.15, 0.2) is 0 Å². The molecule has 0 heterocycles. The molecule has 1 amide bonds. The fraction of sp³-hybridized carbons (Fsp3) is 0.222. The van der Waals surface area contributed by atoms with Crippen molar-refractivity contribution < 1.29 is 17.9 Å². The molecule has 2 aromatic carbocycles. The van der Waals surface area contributed by atoms with Gasteiger partial charge in [0.05, 0.1) is 31.0 Å². The maximum absolute atomic E-state index is 12.4. The number of carbonyl (C=O) groups excluding carboxylic acids is 1. The summed E-state index contributed by atoms with van der Waals surface area (Å²) in [6, 6.07) is 14.5. The molecule has 7 nitrogen and oxygen atoms in total. The Balaban J connectivity index is 2.17. The van der Waals surface area contributed by atoms with Crippen molar-refractivity contribution in [1.82, 2.24) is 4.72 Å². The topological polar surface area (TPSA) is 108 Å². The first-order valence-electron chi connectivity index (χ1n) is 7.72. The summed E-state index contributed by atoms with van der Waals surface area (Å²) < 4.78 is 30.9. The summed E-state index contributed by atoms with van der Waals surface area (Å²) in [5.74, 6) is 0.252. The number of hydrogen-bond donors (Lipinski definition) is 2. The molecule has 0 aromatic heterocycles. The first kappa shape index (κ1) is 19.4. The van der Waals surface area contributed by atoms with Crippen LogP contribution in [0.2, 0.25) is 0 Å². The largest absolute Gasteiger partial charge is 0.497 e. The fourth-order valence-corrected chi connectivity index (χ4v) is 3.12. The summed E-state index contributed by atoms with van der Waals surface area (Å²) in [7, 11) is -1.99. The Bertz CT molecular complexity index is 918. The highest BCUT2D eigenvalue weighted by atomic mass is 32.2. The molecule has 0 spiro atoms. The number of carbonyl (C=O) groups is 1. The highest BCUT2D eigenvalue weighted by Gasteiger charge is 2.20. The van der Waals surface area contributed by atoms with E-state index in [-0.39, 0.29) is 12.3 Å². The first-order valence-corrected chi connectivity index (χ1v) is 9.61. The van der Waals surface area contributed by atoms with Crippen molar-refractivity contribution in [3.8, 4) is 11.8 Å². The average molecular weight is 373 g/mol. The SMILES string of the molecule is COc1ccc(C(CC(=O)Nc2cccc(C#N)c2)NS(C)(=O)=O)cc1. The van der Waals surface area contributed by atoms with Crippen molar-refractivity contribution >= 4 is 21.6 Å². The van der Waals surface area contributed by atoms with Gasteiger partial charge in [0.2, 0.25) is 15.9 Å². The summed E-state index contributed by atoms with van der Waals surface area (Å²) in [6.07, 6.45) is 0.938. The molecule has 0 aliphatic rings. The summed E-state index contributed by atoms with van der Waals surface area (Å²) >= 11 is 0. The van der Waals surface area contributed by atoms with Gasteiger partial charge in [0, 0.05) is 12.1 Å². The minimum Gasteiger partial charge on any atom is -0.497 e. The molecule has 2 aromatic rings. The fourth-order valence-electron chi connectivity index (χ4n) is 2.39. The van der Waals surface area contributed by atoms with Gasteiger partial charge in [-0.1, -0.05) is 18.2 Å². The molecule has 1 unspecified atom stereocenters. The Morgan fingerprint density at radius 1 is 1.23 bits per heavy atom.